The summed E-state index contributed by atoms with van der Waals surface area (Å²) in [7, 11) is 1.13. The first-order chi connectivity index (χ1) is 9.74. The molecule has 0 saturated carbocycles. The van der Waals surface area contributed by atoms with Crippen molar-refractivity contribution >= 4 is 33.4 Å². The molecule has 0 aliphatic rings. The number of carbonyl (C=O) groups excluding carboxylic acids is 2. The van der Waals surface area contributed by atoms with Crippen LogP contribution < -0.4 is 4.74 Å². The Kier molecular flexibility index (Phi) is 3.91. The van der Waals surface area contributed by atoms with E-state index >= 15 is 0 Å². The number of alkyl halides is 3. The van der Waals surface area contributed by atoms with E-state index in [0.717, 1.165) is 37.5 Å². The van der Waals surface area contributed by atoms with Gasteiger partial charge >= 0.3 is 18.1 Å². The van der Waals surface area contributed by atoms with Gasteiger partial charge in [-0.2, -0.15) is 13.2 Å². The standard InChI is InChI=1S/C13H9F3O4S/c1-6(17)20-10-8-5-7(13(14,15)16)3-4-9(8)21-11(10)12(18)19-2/h3-5H,1-2H3. The van der Waals surface area contributed by atoms with Gasteiger partial charge in [-0.3, -0.25) is 4.79 Å². The van der Waals surface area contributed by atoms with E-state index in [1.165, 1.54) is 6.07 Å². The predicted molar refractivity (Wildman–Crippen MR) is 69.5 cm³/mol. The van der Waals surface area contributed by atoms with Crippen molar-refractivity contribution in [2.45, 2.75) is 13.1 Å². The van der Waals surface area contributed by atoms with E-state index in [1.54, 1.807) is 0 Å². The second kappa shape index (κ2) is 5.36. The van der Waals surface area contributed by atoms with Gasteiger partial charge < -0.3 is 9.47 Å². The Balaban J connectivity index is 2.70. The second-order valence-electron chi connectivity index (χ2n) is 4.05. The minimum Gasteiger partial charge on any atom is -0.465 e. The minimum atomic E-state index is -4.53. The molecule has 0 aliphatic carbocycles. The van der Waals surface area contributed by atoms with Gasteiger partial charge in [0.25, 0.3) is 0 Å². The Morgan fingerprint density at radius 3 is 2.43 bits per heavy atom. The third-order valence-electron chi connectivity index (χ3n) is 2.59. The van der Waals surface area contributed by atoms with Crippen LogP contribution in [0.5, 0.6) is 5.75 Å². The normalized spacial score (nSPS) is 11.5. The molecule has 0 radical (unpaired) electrons. The number of hydrogen-bond acceptors (Lipinski definition) is 5. The summed E-state index contributed by atoms with van der Waals surface area (Å²) in [5, 5.41) is 0.0467. The zero-order valence-electron chi connectivity index (χ0n) is 10.9. The zero-order chi connectivity index (χ0) is 15.8. The fraction of sp³-hybridized carbons (Fsp3) is 0.231. The monoisotopic (exact) mass is 318 g/mol. The molecule has 112 valence electrons. The van der Waals surface area contributed by atoms with Gasteiger partial charge in [0.2, 0.25) is 0 Å². The maximum absolute atomic E-state index is 12.7. The molecule has 1 heterocycles. The van der Waals surface area contributed by atoms with E-state index in [2.05, 4.69) is 4.74 Å². The Labute approximate surface area is 121 Å². The van der Waals surface area contributed by atoms with Gasteiger partial charge in [0, 0.05) is 17.0 Å². The van der Waals surface area contributed by atoms with Crippen LogP contribution in [-0.2, 0) is 15.7 Å². The number of hydrogen-bond donors (Lipinski definition) is 0. The van der Waals surface area contributed by atoms with E-state index in [9.17, 15) is 22.8 Å². The molecule has 0 fully saturated rings. The Bertz CT molecular complexity index is 718. The molecule has 0 aliphatic heterocycles. The molecule has 2 aromatic rings. The van der Waals surface area contributed by atoms with Gasteiger partial charge in [-0.25, -0.2) is 4.79 Å². The van der Waals surface area contributed by atoms with Gasteiger partial charge in [0.15, 0.2) is 10.6 Å². The number of benzene rings is 1. The van der Waals surface area contributed by atoms with Crippen LogP contribution in [0, 0.1) is 0 Å². The Morgan fingerprint density at radius 1 is 1.24 bits per heavy atom. The first-order valence-corrected chi connectivity index (χ1v) is 6.46. The van der Waals surface area contributed by atoms with Crippen molar-refractivity contribution in [3.63, 3.8) is 0 Å². The summed E-state index contributed by atoms with van der Waals surface area (Å²) >= 11 is 0.899. The summed E-state index contributed by atoms with van der Waals surface area (Å²) < 4.78 is 48.1. The molecule has 4 nitrogen and oxygen atoms in total. The van der Waals surface area contributed by atoms with Gasteiger partial charge in [0.1, 0.15) is 0 Å². The topological polar surface area (TPSA) is 52.6 Å². The Hall–Kier alpha value is -2.09. The highest BCUT2D eigenvalue weighted by molar-refractivity contribution is 7.21. The van der Waals surface area contributed by atoms with Crippen LogP contribution in [0.15, 0.2) is 18.2 Å². The zero-order valence-corrected chi connectivity index (χ0v) is 11.7. The number of methoxy groups -OCH3 is 1. The molecule has 1 aromatic carbocycles. The lowest BCUT2D eigenvalue weighted by Gasteiger charge is -2.07. The van der Waals surface area contributed by atoms with Crippen LogP contribution in [0.25, 0.3) is 10.1 Å². The fourth-order valence-corrected chi connectivity index (χ4v) is 2.75. The van der Waals surface area contributed by atoms with E-state index in [4.69, 9.17) is 4.74 Å². The first-order valence-electron chi connectivity index (χ1n) is 5.64. The molecular weight excluding hydrogens is 309 g/mol. The summed E-state index contributed by atoms with van der Waals surface area (Å²) in [6.45, 7) is 1.10. The summed E-state index contributed by atoms with van der Waals surface area (Å²) in [4.78, 5) is 22.7. The quantitative estimate of drug-likeness (QED) is 0.794. The predicted octanol–water partition coefficient (Wildman–Crippen LogP) is 3.63. The Morgan fingerprint density at radius 2 is 1.90 bits per heavy atom. The smallest absolute Gasteiger partial charge is 0.416 e. The molecule has 0 bridgehead atoms. The number of carbonyl (C=O) groups is 2. The molecule has 0 saturated heterocycles. The van der Waals surface area contributed by atoms with Crippen molar-refractivity contribution in [1.82, 2.24) is 0 Å². The second-order valence-corrected chi connectivity index (χ2v) is 5.11. The van der Waals surface area contributed by atoms with Crippen molar-refractivity contribution < 1.29 is 32.2 Å². The number of esters is 2. The van der Waals surface area contributed by atoms with E-state index < -0.39 is 23.7 Å². The lowest BCUT2D eigenvalue weighted by Crippen LogP contribution is -2.07. The van der Waals surface area contributed by atoms with Crippen LogP contribution in [0.1, 0.15) is 22.2 Å². The van der Waals surface area contributed by atoms with Crippen molar-refractivity contribution in [1.29, 1.82) is 0 Å². The summed E-state index contributed by atoms with van der Waals surface area (Å²) in [6.07, 6.45) is -4.53. The molecular formula is C13H9F3O4S. The maximum Gasteiger partial charge on any atom is 0.416 e. The number of ether oxygens (including phenoxy) is 2. The van der Waals surface area contributed by atoms with Crippen LogP contribution in [0.2, 0.25) is 0 Å². The third-order valence-corrected chi connectivity index (χ3v) is 3.72. The highest BCUT2D eigenvalue weighted by Crippen LogP contribution is 2.41. The molecule has 1 aromatic heterocycles. The van der Waals surface area contributed by atoms with Crippen LogP contribution >= 0.6 is 11.3 Å². The largest absolute Gasteiger partial charge is 0.465 e. The summed E-state index contributed by atoms with van der Waals surface area (Å²) in [5.41, 5.74) is -0.891. The number of thiophene rings is 1. The molecule has 0 amide bonds. The first kappa shape index (κ1) is 15.3. The number of rotatable bonds is 2. The van der Waals surface area contributed by atoms with Crippen molar-refractivity contribution in [2.24, 2.45) is 0 Å². The summed E-state index contributed by atoms with van der Waals surface area (Å²) in [6, 6.07) is 2.97. The molecule has 8 heteroatoms. The van der Waals surface area contributed by atoms with Crippen LogP contribution in [-0.4, -0.2) is 19.0 Å². The van der Waals surface area contributed by atoms with Gasteiger partial charge in [-0.05, 0) is 18.2 Å². The van der Waals surface area contributed by atoms with E-state index in [-0.39, 0.29) is 16.0 Å². The van der Waals surface area contributed by atoms with E-state index in [0.29, 0.717) is 4.70 Å². The van der Waals surface area contributed by atoms with E-state index in [1.807, 2.05) is 0 Å². The van der Waals surface area contributed by atoms with Crippen molar-refractivity contribution in [3.8, 4) is 5.75 Å². The average molecular weight is 318 g/mol. The third kappa shape index (κ3) is 2.99. The molecule has 0 spiro atoms. The number of halogens is 3. The SMILES string of the molecule is COC(=O)c1sc2ccc(C(F)(F)F)cc2c1OC(C)=O. The lowest BCUT2D eigenvalue weighted by atomic mass is 10.1. The molecule has 0 N–H and O–H groups in total. The summed E-state index contributed by atoms with van der Waals surface area (Å²) in [5.74, 6) is -1.72. The molecule has 21 heavy (non-hydrogen) atoms. The van der Waals surface area contributed by atoms with Gasteiger partial charge in [-0.1, -0.05) is 0 Å². The van der Waals surface area contributed by atoms with Gasteiger partial charge in [0.05, 0.1) is 12.7 Å². The van der Waals surface area contributed by atoms with Crippen molar-refractivity contribution in [2.75, 3.05) is 7.11 Å². The van der Waals surface area contributed by atoms with Crippen LogP contribution in [0.4, 0.5) is 13.2 Å². The van der Waals surface area contributed by atoms with Crippen molar-refractivity contribution in [3.05, 3.63) is 28.6 Å². The highest BCUT2D eigenvalue weighted by atomic mass is 32.1. The fourth-order valence-electron chi connectivity index (χ4n) is 1.72. The maximum atomic E-state index is 12.7. The highest BCUT2D eigenvalue weighted by Gasteiger charge is 2.32. The lowest BCUT2D eigenvalue weighted by molar-refractivity contribution is -0.137. The average Bonchev–Trinajstić information content (AvgIpc) is 2.74. The number of fused-ring (bicyclic) bond motifs is 1. The molecule has 0 unspecified atom stereocenters. The minimum absolute atomic E-state index is 0.0467. The van der Waals surface area contributed by atoms with Gasteiger partial charge in [-0.15, -0.1) is 11.3 Å². The van der Waals surface area contributed by atoms with Crippen LogP contribution in [0.3, 0.4) is 0 Å². The molecule has 2 rings (SSSR count). The molecule has 0 atom stereocenters.